The predicted octanol–water partition coefficient (Wildman–Crippen LogP) is 3.73. The Labute approximate surface area is 169 Å². The molecule has 0 atom stereocenters. The Morgan fingerprint density at radius 3 is 2.31 bits per heavy atom. The lowest BCUT2D eigenvalue weighted by Crippen LogP contribution is -2.22. The van der Waals surface area contributed by atoms with E-state index in [1.165, 1.54) is 0 Å². The van der Waals surface area contributed by atoms with Crippen LogP contribution in [0, 0.1) is 6.92 Å². The van der Waals surface area contributed by atoms with Gasteiger partial charge >= 0.3 is 0 Å². The molecule has 0 fully saturated rings. The number of benzene rings is 2. The summed E-state index contributed by atoms with van der Waals surface area (Å²) in [4.78, 5) is 12.2. The summed E-state index contributed by atoms with van der Waals surface area (Å²) < 4.78 is 5.44. The highest BCUT2D eigenvalue weighted by atomic mass is 16.3. The second-order valence-corrected chi connectivity index (χ2v) is 6.51. The second-order valence-electron chi connectivity index (χ2n) is 6.51. The molecule has 0 unspecified atom stereocenters. The molecular weight excluding hydrogens is 364 g/mol. The molecular formula is C23H24N4O2. The molecule has 2 aromatic carbocycles. The zero-order valence-electron chi connectivity index (χ0n) is 16.2. The summed E-state index contributed by atoms with van der Waals surface area (Å²) in [5, 5.41) is 5.89. The lowest BCUT2D eigenvalue weighted by atomic mass is 10.1. The number of hydrogen-bond donors (Lipinski definition) is 4. The number of hydrogen-bond acceptors (Lipinski definition) is 5. The van der Waals surface area contributed by atoms with Crippen LogP contribution in [0.25, 0.3) is 5.70 Å². The number of furan rings is 1. The summed E-state index contributed by atoms with van der Waals surface area (Å²) in [7, 11) is 0. The maximum Gasteiger partial charge on any atom is 0.251 e. The summed E-state index contributed by atoms with van der Waals surface area (Å²) in [6.07, 6.45) is 3.45. The van der Waals surface area contributed by atoms with Crippen molar-refractivity contribution in [3.63, 3.8) is 0 Å². The molecule has 1 aromatic heterocycles. The van der Waals surface area contributed by atoms with E-state index in [1.54, 1.807) is 36.4 Å². The van der Waals surface area contributed by atoms with Gasteiger partial charge in [-0.05, 0) is 61.0 Å². The van der Waals surface area contributed by atoms with Crippen LogP contribution in [0.15, 0.2) is 89.1 Å². The van der Waals surface area contributed by atoms with Crippen molar-refractivity contribution < 1.29 is 9.21 Å². The van der Waals surface area contributed by atoms with Gasteiger partial charge in [0.05, 0.1) is 6.54 Å². The molecule has 0 aliphatic rings. The summed E-state index contributed by atoms with van der Waals surface area (Å²) in [5.41, 5.74) is 14.9. The monoisotopic (exact) mass is 388 g/mol. The minimum absolute atomic E-state index is 0.173. The molecule has 6 N–H and O–H groups in total. The summed E-state index contributed by atoms with van der Waals surface area (Å²) in [6.45, 7) is 2.21. The topological polar surface area (TPSA) is 106 Å². The van der Waals surface area contributed by atoms with Gasteiger partial charge in [0.15, 0.2) is 0 Å². The Hall–Kier alpha value is -3.93. The average molecular weight is 388 g/mol. The van der Waals surface area contributed by atoms with Gasteiger partial charge in [-0.25, -0.2) is 0 Å². The number of nitrogens with one attached hydrogen (secondary N) is 2. The Morgan fingerprint density at radius 2 is 1.66 bits per heavy atom. The summed E-state index contributed by atoms with van der Waals surface area (Å²) >= 11 is 0. The van der Waals surface area contributed by atoms with E-state index < -0.39 is 0 Å². The highest BCUT2D eigenvalue weighted by Crippen LogP contribution is 2.13. The third-order valence-electron chi connectivity index (χ3n) is 4.20. The Morgan fingerprint density at radius 1 is 0.931 bits per heavy atom. The van der Waals surface area contributed by atoms with Crippen molar-refractivity contribution in [2.24, 2.45) is 11.5 Å². The lowest BCUT2D eigenvalue weighted by Gasteiger charge is -2.08. The van der Waals surface area contributed by atoms with Gasteiger partial charge in [-0.15, -0.1) is 0 Å². The van der Waals surface area contributed by atoms with E-state index in [-0.39, 0.29) is 5.91 Å². The minimum Gasteiger partial charge on any atom is -0.465 e. The van der Waals surface area contributed by atoms with Crippen molar-refractivity contribution in [3.05, 3.63) is 107 Å². The number of carbonyl (C=O) groups excluding carboxylic acids is 1. The van der Waals surface area contributed by atoms with Gasteiger partial charge in [-0.3, -0.25) is 4.79 Å². The van der Waals surface area contributed by atoms with Crippen molar-refractivity contribution in [3.8, 4) is 0 Å². The molecule has 6 heteroatoms. The van der Waals surface area contributed by atoms with Gasteiger partial charge in [-0.2, -0.15) is 0 Å². The van der Waals surface area contributed by atoms with Crippen LogP contribution >= 0.6 is 0 Å². The highest BCUT2D eigenvalue weighted by molar-refractivity contribution is 5.94. The van der Waals surface area contributed by atoms with Crippen LogP contribution in [0.3, 0.4) is 0 Å². The Balaban J connectivity index is 1.56. The van der Waals surface area contributed by atoms with Crippen molar-refractivity contribution in [2.45, 2.75) is 13.5 Å². The number of nitrogens with two attached hydrogens (primary N) is 2. The van der Waals surface area contributed by atoms with Crippen LogP contribution in [0.4, 0.5) is 5.69 Å². The zero-order valence-corrected chi connectivity index (χ0v) is 16.2. The fourth-order valence-corrected chi connectivity index (χ4v) is 2.67. The first-order valence-corrected chi connectivity index (χ1v) is 9.20. The van der Waals surface area contributed by atoms with Crippen LogP contribution in [0.2, 0.25) is 0 Å². The quantitative estimate of drug-likeness (QED) is 0.462. The number of amides is 1. The molecule has 148 valence electrons. The van der Waals surface area contributed by atoms with Crippen LogP contribution in [0.5, 0.6) is 0 Å². The van der Waals surface area contributed by atoms with E-state index in [0.29, 0.717) is 23.6 Å². The molecule has 0 saturated heterocycles. The molecule has 0 saturated carbocycles. The van der Waals surface area contributed by atoms with Gasteiger partial charge in [0, 0.05) is 16.9 Å². The molecule has 6 nitrogen and oxygen atoms in total. The van der Waals surface area contributed by atoms with Gasteiger partial charge in [0.1, 0.15) is 17.3 Å². The molecule has 0 spiro atoms. The van der Waals surface area contributed by atoms with Gasteiger partial charge in [-0.1, -0.05) is 30.3 Å². The van der Waals surface area contributed by atoms with E-state index in [1.807, 2.05) is 49.4 Å². The third kappa shape index (κ3) is 5.77. The Kier molecular flexibility index (Phi) is 6.37. The summed E-state index contributed by atoms with van der Waals surface area (Å²) in [6, 6.07) is 20.4. The molecule has 0 aliphatic carbocycles. The van der Waals surface area contributed by atoms with E-state index in [0.717, 1.165) is 22.8 Å². The van der Waals surface area contributed by atoms with Gasteiger partial charge in [0.2, 0.25) is 0 Å². The minimum atomic E-state index is -0.173. The predicted molar refractivity (Wildman–Crippen MR) is 116 cm³/mol. The zero-order chi connectivity index (χ0) is 20.6. The van der Waals surface area contributed by atoms with Crippen LogP contribution in [-0.4, -0.2) is 5.91 Å². The molecule has 1 amide bonds. The average Bonchev–Trinajstić information content (AvgIpc) is 3.16. The van der Waals surface area contributed by atoms with Crippen molar-refractivity contribution in [1.82, 2.24) is 5.32 Å². The SMILES string of the molecule is Cc1ccc(CNC(=O)c2ccc(N/C(N)=C/C=C(\N)c3ccccc3)cc2)o1. The normalized spacial score (nSPS) is 11.9. The van der Waals surface area contributed by atoms with E-state index in [4.69, 9.17) is 15.9 Å². The molecule has 3 aromatic rings. The van der Waals surface area contributed by atoms with E-state index >= 15 is 0 Å². The Bertz CT molecular complexity index is 1020. The van der Waals surface area contributed by atoms with Crippen molar-refractivity contribution in [2.75, 3.05) is 5.32 Å². The molecule has 29 heavy (non-hydrogen) atoms. The number of aryl methyl sites for hydroxylation is 1. The molecule has 0 radical (unpaired) electrons. The van der Waals surface area contributed by atoms with Crippen LogP contribution in [0.1, 0.15) is 27.4 Å². The summed E-state index contributed by atoms with van der Waals surface area (Å²) in [5.74, 6) is 1.80. The molecule has 3 rings (SSSR count). The maximum atomic E-state index is 12.2. The second kappa shape index (κ2) is 9.32. The molecule has 0 bridgehead atoms. The first-order chi connectivity index (χ1) is 14.0. The largest absolute Gasteiger partial charge is 0.465 e. The van der Waals surface area contributed by atoms with E-state index in [2.05, 4.69) is 10.6 Å². The number of carbonyl (C=O) groups is 1. The first kappa shape index (κ1) is 19.8. The lowest BCUT2D eigenvalue weighted by molar-refractivity contribution is 0.0948. The number of rotatable bonds is 7. The van der Waals surface area contributed by atoms with Crippen LogP contribution < -0.4 is 22.1 Å². The standard InChI is InChI=1S/C23H24N4O2/c1-16-7-12-20(29-16)15-26-23(28)18-8-10-19(11-9-18)27-22(25)14-13-21(24)17-5-3-2-4-6-17/h2-14,27H,15,24-25H2,1H3,(H,26,28)/b21-13-,22-14+. The van der Waals surface area contributed by atoms with Crippen molar-refractivity contribution in [1.29, 1.82) is 0 Å². The third-order valence-corrected chi connectivity index (χ3v) is 4.20. The van der Waals surface area contributed by atoms with Crippen molar-refractivity contribution >= 4 is 17.3 Å². The highest BCUT2D eigenvalue weighted by Gasteiger charge is 2.07. The first-order valence-electron chi connectivity index (χ1n) is 9.20. The molecule has 1 heterocycles. The van der Waals surface area contributed by atoms with Crippen LogP contribution in [-0.2, 0) is 6.54 Å². The molecule has 0 aliphatic heterocycles. The fourth-order valence-electron chi connectivity index (χ4n) is 2.67. The van der Waals surface area contributed by atoms with Gasteiger partial charge in [0.25, 0.3) is 5.91 Å². The van der Waals surface area contributed by atoms with Gasteiger partial charge < -0.3 is 26.5 Å². The number of allylic oxidation sites excluding steroid dienone is 2. The number of anilines is 1. The fraction of sp³-hybridized carbons (Fsp3) is 0.0870. The maximum absolute atomic E-state index is 12.2. The smallest absolute Gasteiger partial charge is 0.251 e. The van der Waals surface area contributed by atoms with E-state index in [9.17, 15) is 4.79 Å².